The number of amides is 2. The van der Waals surface area contributed by atoms with E-state index in [1.165, 1.54) is 5.56 Å². The largest absolute Gasteiger partial charge is 0.544 e. The van der Waals surface area contributed by atoms with Gasteiger partial charge in [0, 0.05) is 36.8 Å². The van der Waals surface area contributed by atoms with E-state index in [0.717, 1.165) is 53.1 Å². The minimum Gasteiger partial charge on any atom is -0.544 e. The van der Waals surface area contributed by atoms with Crippen LogP contribution in [0.1, 0.15) is 105 Å². The first kappa shape index (κ1) is 36.2. The highest BCUT2D eigenvalue weighted by atomic mass is 28.4. The number of likely N-dealkylation sites (tertiary alicyclic amines) is 1. The second-order valence-electron chi connectivity index (χ2n) is 15.5. The minimum atomic E-state index is -1.95. The molecule has 2 N–H and O–H groups in total. The molecule has 0 aliphatic carbocycles. The Kier molecular flexibility index (Phi) is 11.3. The van der Waals surface area contributed by atoms with Gasteiger partial charge in [0.1, 0.15) is 11.4 Å². The highest BCUT2D eigenvalue weighted by Crippen LogP contribution is 2.37. The number of aromatic amines is 1. The van der Waals surface area contributed by atoms with Crippen LogP contribution >= 0.6 is 0 Å². The third kappa shape index (κ3) is 9.49. The van der Waals surface area contributed by atoms with Crippen LogP contribution in [0.2, 0.25) is 18.1 Å². The molecule has 47 heavy (non-hydrogen) atoms. The number of ether oxygens (including phenoxy) is 1. The zero-order valence-corrected chi connectivity index (χ0v) is 31.3. The minimum absolute atomic E-state index is 0.0503. The number of carbonyl (C=O) groups is 2. The van der Waals surface area contributed by atoms with Crippen LogP contribution < -0.4 is 9.74 Å². The van der Waals surface area contributed by atoms with Gasteiger partial charge < -0.3 is 19.4 Å². The molecule has 1 aromatic heterocycles. The normalized spacial score (nSPS) is 15.5. The molecule has 1 saturated heterocycles. The lowest BCUT2D eigenvalue weighted by molar-refractivity contribution is 0.0226. The van der Waals surface area contributed by atoms with Gasteiger partial charge >= 0.3 is 6.09 Å². The number of aromatic nitrogens is 2. The summed E-state index contributed by atoms with van der Waals surface area (Å²) in [6.45, 7) is 22.3. The van der Waals surface area contributed by atoms with Crippen LogP contribution in [-0.4, -0.2) is 60.1 Å². The molecule has 1 aliphatic rings. The molecule has 4 rings (SSSR count). The first-order valence-corrected chi connectivity index (χ1v) is 20.1. The topological polar surface area (TPSA) is 96.6 Å². The maximum atomic E-state index is 13.4. The molecule has 1 atom stereocenters. The van der Waals surface area contributed by atoms with Gasteiger partial charge in [-0.05, 0) is 124 Å². The Morgan fingerprint density at radius 2 is 1.74 bits per heavy atom. The van der Waals surface area contributed by atoms with E-state index in [-0.39, 0.29) is 23.1 Å². The van der Waals surface area contributed by atoms with E-state index in [1.807, 2.05) is 37.8 Å². The summed E-state index contributed by atoms with van der Waals surface area (Å²) in [5, 5.41) is 10.7. The highest BCUT2D eigenvalue weighted by Gasteiger charge is 2.39. The molecule has 1 fully saturated rings. The van der Waals surface area contributed by atoms with Gasteiger partial charge in [-0.15, -0.1) is 0 Å². The van der Waals surface area contributed by atoms with Crippen LogP contribution in [0.4, 0.5) is 4.79 Å². The molecule has 0 spiro atoms. The monoisotopic (exact) mass is 660 g/mol. The second kappa shape index (κ2) is 14.7. The van der Waals surface area contributed by atoms with Crippen LogP contribution in [0, 0.1) is 6.92 Å². The molecule has 0 radical (unpaired) electrons. The number of hydrogen-bond acceptors (Lipinski definition) is 5. The Labute approximate surface area is 283 Å². The fraction of sp³-hybridized carbons (Fsp3) is 0.553. The van der Waals surface area contributed by atoms with Crippen molar-refractivity contribution in [2.45, 2.75) is 124 Å². The Morgan fingerprint density at radius 3 is 2.36 bits per heavy atom. The van der Waals surface area contributed by atoms with Gasteiger partial charge in [-0.3, -0.25) is 9.89 Å². The molecule has 9 heteroatoms. The summed E-state index contributed by atoms with van der Waals surface area (Å²) < 4.78 is 12.3. The standard InChI is InChI=1S/C38H56N4O4Si/c1-11-33-26(2)34(41-40-33)20-21-39-35(43)29-17-16-28(25-31-13-12-22-42(31)36(44)45-37(3,4)5)30(24-29)23-27-14-18-32(19-15-27)46-47(9,10)38(6,7)8/h14-19,24,31H,11-13,20-23,25H2,1-10H3,(H,39,43)(H,40,41). The average molecular weight is 661 g/mol. The molecule has 8 nitrogen and oxygen atoms in total. The van der Waals surface area contributed by atoms with Crippen molar-refractivity contribution < 1.29 is 18.8 Å². The van der Waals surface area contributed by atoms with E-state index in [0.29, 0.717) is 37.9 Å². The maximum absolute atomic E-state index is 13.4. The third-order valence-corrected chi connectivity index (χ3v) is 14.0. The van der Waals surface area contributed by atoms with Crippen molar-refractivity contribution in [2.75, 3.05) is 13.1 Å². The lowest BCUT2D eigenvalue weighted by atomic mass is 9.92. The fourth-order valence-electron chi connectivity index (χ4n) is 5.80. The van der Waals surface area contributed by atoms with Crippen LogP contribution in [-0.2, 0) is 30.4 Å². The van der Waals surface area contributed by atoms with E-state index < -0.39 is 13.9 Å². The first-order chi connectivity index (χ1) is 22.0. The predicted molar refractivity (Wildman–Crippen MR) is 192 cm³/mol. The number of nitrogens with zero attached hydrogens (tertiary/aromatic N) is 2. The van der Waals surface area contributed by atoms with Crippen molar-refractivity contribution in [3.8, 4) is 5.75 Å². The summed E-state index contributed by atoms with van der Waals surface area (Å²) in [6.07, 6.45) is 4.57. The van der Waals surface area contributed by atoms with Crippen LogP contribution in [0.15, 0.2) is 42.5 Å². The molecule has 0 saturated carbocycles. The maximum Gasteiger partial charge on any atom is 0.410 e. The molecular formula is C38H56N4O4Si. The van der Waals surface area contributed by atoms with Gasteiger partial charge in [0.15, 0.2) is 0 Å². The molecule has 1 unspecified atom stereocenters. The zero-order chi connectivity index (χ0) is 34.6. The Bertz CT molecular complexity index is 1530. The summed E-state index contributed by atoms with van der Waals surface area (Å²) in [7, 11) is -1.95. The van der Waals surface area contributed by atoms with Crippen molar-refractivity contribution in [3.63, 3.8) is 0 Å². The van der Waals surface area contributed by atoms with Crippen molar-refractivity contribution in [3.05, 3.63) is 81.7 Å². The van der Waals surface area contributed by atoms with Gasteiger partial charge in [-0.2, -0.15) is 5.10 Å². The van der Waals surface area contributed by atoms with Gasteiger partial charge in [0.2, 0.25) is 8.32 Å². The van der Waals surface area contributed by atoms with Crippen molar-refractivity contribution in [2.24, 2.45) is 0 Å². The van der Waals surface area contributed by atoms with E-state index in [1.54, 1.807) is 0 Å². The molecule has 3 aromatic rings. The number of nitrogens with one attached hydrogen (secondary N) is 2. The third-order valence-electron chi connectivity index (χ3n) is 9.63. The van der Waals surface area contributed by atoms with Crippen LogP contribution in [0.25, 0.3) is 0 Å². The number of aryl methyl sites for hydroxylation is 1. The Balaban J connectivity index is 1.54. The Hall–Kier alpha value is -3.59. The van der Waals surface area contributed by atoms with Gasteiger partial charge in [-0.1, -0.05) is 45.9 Å². The lowest BCUT2D eigenvalue weighted by Gasteiger charge is -2.36. The average Bonchev–Trinajstić information content (AvgIpc) is 3.59. The van der Waals surface area contributed by atoms with E-state index >= 15 is 0 Å². The summed E-state index contributed by atoms with van der Waals surface area (Å²) in [4.78, 5) is 28.3. The second-order valence-corrected chi connectivity index (χ2v) is 20.2. The van der Waals surface area contributed by atoms with Crippen LogP contribution in [0.3, 0.4) is 0 Å². The number of carbonyl (C=O) groups excluding carboxylic acids is 2. The quantitative estimate of drug-likeness (QED) is 0.202. The van der Waals surface area contributed by atoms with E-state index in [9.17, 15) is 9.59 Å². The summed E-state index contributed by atoms with van der Waals surface area (Å²) in [6, 6.07) is 14.4. The number of hydrogen-bond donors (Lipinski definition) is 2. The summed E-state index contributed by atoms with van der Waals surface area (Å²) >= 11 is 0. The number of rotatable bonds is 11. The smallest absolute Gasteiger partial charge is 0.410 e. The predicted octanol–water partition coefficient (Wildman–Crippen LogP) is 8.17. The summed E-state index contributed by atoms with van der Waals surface area (Å²) in [5.41, 5.74) is 6.76. The van der Waals surface area contributed by atoms with E-state index in [2.05, 4.69) is 93.6 Å². The van der Waals surface area contributed by atoms with Gasteiger partial charge in [-0.25, -0.2) is 4.79 Å². The molecule has 1 aliphatic heterocycles. The SMILES string of the molecule is CCc1n[nH]c(CCNC(=O)c2ccc(CC3CCCN3C(=O)OC(C)(C)C)c(Cc3ccc(O[Si](C)(C)C(C)(C)C)cc3)c2)c1C. The lowest BCUT2D eigenvalue weighted by Crippen LogP contribution is -2.43. The van der Waals surface area contributed by atoms with Gasteiger partial charge in [0.05, 0.1) is 5.69 Å². The molecular weight excluding hydrogens is 605 g/mol. The van der Waals surface area contributed by atoms with Crippen LogP contribution in [0.5, 0.6) is 5.75 Å². The number of benzene rings is 2. The van der Waals surface area contributed by atoms with Crippen molar-refractivity contribution in [1.82, 2.24) is 20.4 Å². The highest BCUT2D eigenvalue weighted by molar-refractivity contribution is 6.74. The van der Waals surface area contributed by atoms with Gasteiger partial charge in [0.25, 0.3) is 5.91 Å². The summed E-state index contributed by atoms with van der Waals surface area (Å²) in [5.74, 6) is 0.797. The molecule has 256 valence electrons. The van der Waals surface area contributed by atoms with E-state index in [4.69, 9.17) is 9.16 Å². The molecule has 0 bridgehead atoms. The molecule has 2 heterocycles. The Morgan fingerprint density at radius 1 is 1.04 bits per heavy atom. The zero-order valence-electron chi connectivity index (χ0n) is 30.3. The first-order valence-electron chi connectivity index (χ1n) is 17.2. The number of H-pyrrole nitrogens is 1. The van der Waals surface area contributed by atoms with Crippen molar-refractivity contribution in [1.29, 1.82) is 0 Å². The molecule has 2 amide bonds. The fourth-order valence-corrected chi connectivity index (χ4v) is 6.84. The van der Waals surface area contributed by atoms with Crippen molar-refractivity contribution >= 4 is 20.3 Å². The molecule has 2 aromatic carbocycles.